The average Bonchev–Trinajstić information content (AvgIpc) is 2.98. The Morgan fingerprint density at radius 3 is 2.58 bits per heavy atom. The Labute approximate surface area is 162 Å². The van der Waals surface area contributed by atoms with Gasteiger partial charge in [0.05, 0.1) is 11.5 Å². The van der Waals surface area contributed by atoms with E-state index in [9.17, 15) is 13.2 Å². The van der Waals surface area contributed by atoms with Crippen LogP contribution in [0, 0.1) is 0 Å². The first-order valence-electron chi connectivity index (χ1n) is 8.35. The van der Waals surface area contributed by atoms with E-state index < -0.39 is 9.84 Å². The quantitative estimate of drug-likeness (QED) is 0.696. The van der Waals surface area contributed by atoms with Gasteiger partial charge in [0.25, 0.3) is 5.91 Å². The molecule has 26 heavy (non-hydrogen) atoms. The molecule has 1 amide bonds. The number of hydrogen-bond acceptors (Lipinski definition) is 4. The van der Waals surface area contributed by atoms with Crippen LogP contribution < -0.4 is 4.74 Å². The van der Waals surface area contributed by atoms with E-state index >= 15 is 0 Å². The zero-order chi connectivity index (χ0) is 18.6. The van der Waals surface area contributed by atoms with Gasteiger partial charge in [-0.25, -0.2) is 8.42 Å². The van der Waals surface area contributed by atoms with E-state index in [1.165, 1.54) is 0 Å². The summed E-state index contributed by atoms with van der Waals surface area (Å²) in [7, 11) is -3.09. The molecule has 1 aliphatic rings. The van der Waals surface area contributed by atoms with Gasteiger partial charge in [-0.05, 0) is 36.2 Å². The number of rotatable bonds is 6. The fourth-order valence-corrected chi connectivity index (χ4v) is 5.20. The molecule has 1 aliphatic heterocycles. The standard InChI is InChI=1S/C19H20BrNO4S/c20-16-6-4-5-15(11-16)12-21(17-9-10-26(23,24)14-17)19(22)13-25-18-7-2-1-3-8-18/h1-8,11,17H,9-10,12-14H2. The summed E-state index contributed by atoms with van der Waals surface area (Å²) in [6, 6.07) is 16.5. The Morgan fingerprint density at radius 1 is 1.15 bits per heavy atom. The van der Waals surface area contributed by atoms with Crippen LogP contribution in [0.4, 0.5) is 0 Å². The molecule has 0 spiro atoms. The highest BCUT2D eigenvalue weighted by atomic mass is 79.9. The number of carbonyl (C=O) groups is 1. The van der Waals surface area contributed by atoms with Crippen molar-refractivity contribution in [3.63, 3.8) is 0 Å². The van der Waals surface area contributed by atoms with Crippen LogP contribution in [0.25, 0.3) is 0 Å². The Bertz CT molecular complexity index is 870. The number of nitrogens with zero attached hydrogens (tertiary/aromatic N) is 1. The summed E-state index contributed by atoms with van der Waals surface area (Å²) < 4.78 is 30.2. The number of hydrogen-bond donors (Lipinski definition) is 0. The first kappa shape index (κ1) is 18.9. The third-order valence-corrected chi connectivity index (χ3v) is 6.56. The molecule has 2 aromatic carbocycles. The maximum absolute atomic E-state index is 12.8. The summed E-state index contributed by atoms with van der Waals surface area (Å²) in [6.07, 6.45) is 0.466. The zero-order valence-electron chi connectivity index (χ0n) is 14.2. The van der Waals surface area contributed by atoms with Gasteiger partial charge < -0.3 is 9.64 Å². The third kappa shape index (κ3) is 5.08. The predicted octanol–water partition coefficient (Wildman–Crippen LogP) is 3.04. The Balaban J connectivity index is 1.74. The van der Waals surface area contributed by atoms with E-state index in [2.05, 4.69) is 15.9 Å². The van der Waals surface area contributed by atoms with Gasteiger partial charge in [-0.2, -0.15) is 0 Å². The topological polar surface area (TPSA) is 63.7 Å². The first-order valence-corrected chi connectivity index (χ1v) is 11.0. The summed E-state index contributed by atoms with van der Waals surface area (Å²) in [5.41, 5.74) is 0.941. The SMILES string of the molecule is O=C(COc1ccccc1)N(Cc1cccc(Br)c1)C1CCS(=O)(=O)C1. The monoisotopic (exact) mass is 437 g/mol. The molecule has 5 nitrogen and oxygen atoms in total. The molecular formula is C19H20BrNO4S. The van der Waals surface area contributed by atoms with Crippen molar-refractivity contribution in [2.75, 3.05) is 18.1 Å². The smallest absolute Gasteiger partial charge is 0.261 e. The lowest BCUT2D eigenvalue weighted by Gasteiger charge is -2.28. The Morgan fingerprint density at radius 2 is 1.92 bits per heavy atom. The zero-order valence-corrected chi connectivity index (χ0v) is 16.6. The fourth-order valence-electron chi connectivity index (χ4n) is 3.02. The lowest BCUT2D eigenvalue weighted by molar-refractivity contribution is -0.136. The first-order chi connectivity index (χ1) is 12.4. The normalized spacial score (nSPS) is 18.4. The van der Waals surface area contributed by atoms with Crippen molar-refractivity contribution < 1.29 is 17.9 Å². The van der Waals surface area contributed by atoms with Crippen molar-refractivity contribution in [3.8, 4) is 5.75 Å². The van der Waals surface area contributed by atoms with Crippen LogP contribution in [0.1, 0.15) is 12.0 Å². The molecule has 1 unspecified atom stereocenters. The molecule has 0 radical (unpaired) electrons. The number of carbonyl (C=O) groups excluding carboxylic acids is 1. The summed E-state index contributed by atoms with van der Waals surface area (Å²) >= 11 is 3.43. The van der Waals surface area contributed by atoms with Gasteiger partial charge in [-0.15, -0.1) is 0 Å². The molecule has 0 aliphatic carbocycles. The van der Waals surface area contributed by atoms with E-state index in [1.807, 2.05) is 42.5 Å². The molecule has 0 aromatic heterocycles. The van der Waals surface area contributed by atoms with Crippen LogP contribution in [-0.2, 0) is 21.2 Å². The highest BCUT2D eigenvalue weighted by Crippen LogP contribution is 2.22. The van der Waals surface area contributed by atoms with Crippen LogP contribution in [0.5, 0.6) is 5.75 Å². The van der Waals surface area contributed by atoms with E-state index in [4.69, 9.17) is 4.74 Å². The van der Waals surface area contributed by atoms with Crippen LogP contribution in [0.2, 0.25) is 0 Å². The third-order valence-electron chi connectivity index (χ3n) is 4.32. The average molecular weight is 438 g/mol. The minimum Gasteiger partial charge on any atom is -0.484 e. The van der Waals surface area contributed by atoms with Crippen molar-refractivity contribution in [1.82, 2.24) is 4.90 Å². The van der Waals surface area contributed by atoms with E-state index in [1.54, 1.807) is 17.0 Å². The minimum atomic E-state index is -3.09. The molecule has 138 valence electrons. The second-order valence-corrected chi connectivity index (χ2v) is 9.45. The van der Waals surface area contributed by atoms with Crippen molar-refractivity contribution >= 4 is 31.7 Å². The predicted molar refractivity (Wildman–Crippen MR) is 104 cm³/mol. The van der Waals surface area contributed by atoms with E-state index in [-0.39, 0.29) is 30.1 Å². The highest BCUT2D eigenvalue weighted by Gasteiger charge is 2.34. The van der Waals surface area contributed by atoms with Crippen molar-refractivity contribution in [3.05, 3.63) is 64.6 Å². The fraction of sp³-hybridized carbons (Fsp3) is 0.316. The highest BCUT2D eigenvalue weighted by molar-refractivity contribution is 9.10. The second kappa shape index (κ2) is 8.22. The second-order valence-electron chi connectivity index (χ2n) is 6.31. The summed E-state index contributed by atoms with van der Waals surface area (Å²) in [5.74, 6) is 0.538. The van der Waals surface area contributed by atoms with Gasteiger partial charge in [0.1, 0.15) is 5.75 Å². The van der Waals surface area contributed by atoms with Gasteiger partial charge in [0.2, 0.25) is 0 Å². The minimum absolute atomic E-state index is 0.0120. The molecule has 1 atom stereocenters. The molecule has 1 heterocycles. The number of benzene rings is 2. The largest absolute Gasteiger partial charge is 0.484 e. The van der Waals surface area contributed by atoms with Crippen LogP contribution in [0.3, 0.4) is 0 Å². The van der Waals surface area contributed by atoms with Crippen LogP contribution in [-0.4, -0.2) is 43.4 Å². The van der Waals surface area contributed by atoms with Crippen LogP contribution in [0.15, 0.2) is 59.1 Å². The maximum Gasteiger partial charge on any atom is 0.261 e. The van der Waals surface area contributed by atoms with E-state index in [0.29, 0.717) is 18.7 Å². The van der Waals surface area contributed by atoms with Gasteiger partial charge in [-0.1, -0.05) is 46.3 Å². The van der Waals surface area contributed by atoms with Gasteiger partial charge in [-0.3, -0.25) is 4.79 Å². The van der Waals surface area contributed by atoms with Gasteiger partial charge >= 0.3 is 0 Å². The van der Waals surface area contributed by atoms with Crippen molar-refractivity contribution in [1.29, 1.82) is 0 Å². The molecule has 1 fully saturated rings. The maximum atomic E-state index is 12.8. The summed E-state index contributed by atoms with van der Waals surface area (Å²) in [5, 5.41) is 0. The number of sulfone groups is 1. The van der Waals surface area contributed by atoms with Gasteiger partial charge in [0, 0.05) is 17.1 Å². The van der Waals surface area contributed by atoms with E-state index in [0.717, 1.165) is 10.0 Å². The molecular weight excluding hydrogens is 418 g/mol. The molecule has 1 saturated heterocycles. The van der Waals surface area contributed by atoms with Gasteiger partial charge in [0.15, 0.2) is 16.4 Å². The lowest BCUT2D eigenvalue weighted by atomic mass is 10.1. The summed E-state index contributed by atoms with van der Waals surface area (Å²) in [4.78, 5) is 14.4. The molecule has 0 N–H and O–H groups in total. The number of ether oxygens (including phenoxy) is 1. The van der Waals surface area contributed by atoms with Crippen molar-refractivity contribution in [2.45, 2.75) is 19.0 Å². The molecule has 0 saturated carbocycles. The lowest BCUT2D eigenvalue weighted by Crippen LogP contribution is -2.43. The summed E-state index contributed by atoms with van der Waals surface area (Å²) in [6.45, 7) is 0.241. The number of para-hydroxylation sites is 1. The Hall–Kier alpha value is -1.86. The molecule has 3 rings (SSSR count). The van der Waals surface area contributed by atoms with Crippen LogP contribution >= 0.6 is 15.9 Å². The molecule has 2 aromatic rings. The van der Waals surface area contributed by atoms with Crippen molar-refractivity contribution in [2.24, 2.45) is 0 Å². The Kier molecular flexibility index (Phi) is 5.98. The number of halogens is 1. The molecule has 0 bridgehead atoms. The number of amides is 1. The molecule has 7 heteroatoms.